The smallest absolute Gasteiger partial charge is 0.307 e. The zero-order chi connectivity index (χ0) is 18.8. The summed E-state index contributed by atoms with van der Waals surface area (Å²) in [5.41, 5.74) is 0.244. The third-order valence-corrected chi connectivity index (χ3v) is 6.34. The number of sulfonamides is 1. The summed E-state index contributed by atoms with van der Waals surface area (Å²) >= 11 is 5.97. The van der Waals surface area contributed by atoms with Gasteiger partial charge in [-0.2, -0.15) is 0 Å². The molecule has 1 aromatic carbocycles. The number of hydrogen-bond donors (Lipinski definition) is 2. The number of carboxylic acids is 1. The van der Waals surface area contributed by atoms with E-state index in [-0.39, 0.29) is 22.0 Å². The van der Waals surface area contributed by atoms with Crippen molar-refractivity contribution in [2.75, 3.05) is 19.4 Å². The van der Waals surface area contributed by atoms with Crippen LogP contribution in [0.4, 0.5) is 5.69 Å². The number of rotatable bonds is 5. The third-order valence-electron chi connectivity index (χ3n) is 4.04. The molecule has 0 spiro atoms. The summed E-state index contributed by atoms with van der Waals surface area (Å²) in [4.78, 5) is 23.6. The molecule has 0 radical (unpaired) electrons. The standard InChI is InChI=1S/C16H19ClN2O5S/c1-19(2)25(23,24)14-9-10(7-8-13(14)17)18-15(20)11-5-3-4-6-12(11)16(21)22/h3-4,7-9,11-12H,5-6H2,1-2H3,(H,18,20)(H,21,22)/t11-,12-/m1/s1. The van der Waals surface area contributed by atoms with E-state index in [9.17, 15) is 23.1 Å². The zero-order valence-corrected chi connectivity index (χ0v) is 15.3. The van der Waals surface area contributed by atoms with Crippen LogP contribution >= 0.6 is 11.6 Å². The summed E-state index contributed by atoms with van der Waals surface area (Å²) in [6, 6.07) is 4.12. The van der Waals surface area contributed by atoms with Crippen molar-refractivity contribution in [3.63, 3.8) is 0 Å². The van der Waals surface area contributed by atoms with E-state index in [0.29, 0.717) is 6.42 Å². The first-order chi connectivity index (χ1) is 11.6. The van der Waals surface area contributed by atoms with Crippen LogP contribution in [0.3, 0.4) is 0 Å². The highest BCUT2D eigenvalue weighted by Gasteiger charge is 2.34. The van der Waals surface area contributed by atoms with Crippen molar-refractivity contribution < 1.29 is 23.1 Å². The molecule has 1 aromatic rings. The molecule has 7 nitrogen and oxygen atoms in total. The molecule has 0 saturated carbocycles. The number of carboxylic acid groups (broad SMARTS) is 1. The van der Waals surface area contributed by atoms with Crippen LogP contribution in [-0.4, -0.2) is 43.8 Å². The molecule has 1 aliphatic carbocycles. The highest BCUT2D eigenvalue weighted by Crippen LogP contribution is 2.30. The van der Waals surface area contributed by atoms with E-state index < -0.39 is 33.7 Å². The Balaban J connectivity index is 2.27. The molecule has 2 rings (SSSR count). The quantitative estimate of drug-likeness (QED) is 0.755. The highest BCUT2D eigenvalue weighted by atomic mass is 35.5. The predicted molar refractivity (Wildman–Crippen MR) is 93.9 cm³/mol. The number of allylic oxidation sites excluding steroid dienone is 2. The number of anilines is 1. The molecule has 0 unspecified atom stereocenters. The molecular formula is C16H19ClN2O5S. The number of hydrogen-bond acceptors (Lipinski definition) is 4. The second kappa shape index (κ2) is 7.55. The lowest BCUT2D eigenvalue weighted by Gasteiger charge is -2.24. The van der Waals surface area contributed by atoms with Gasteiger partial charge in [0.15, 0.2) is 0 Å². The summed E-state index contributed by atoms with van der Waals surface area (Å²) in [5.74, 6) is -3.02. The molecule has 0 saturated heterocycles. The van der Waals surface area contributed by atoms with Gasteiger partial charge in [0.1, 0.15) is 4.90 Å². The molecule has 0 heterocycles. The largest absolute Gasteiger partial charge is 0.481 e. The van der Waals surface area contributed by atoms with Gasteiger partial charge < -0.3 is 10.4 Å². The molecular weight excluding hydrogens is 368 g/mol. The van der Waals surface area contributed by atoms with Crippen LogP contribution in [0.1, 0.15) is 12.8 Å². The van der Waals surface area contributed by atoms with Crippen molar-refractivity contribution in [3.8, 4) is 0 Å². The Morgan fingerprint density at radius 3 is 2.36 bits per heavy atom. The summed E-state index contributed by atoms with van der Waals surface area (Å²) in [6.45, 7) is 0. The van der Waals surface area contributed by atoms with E-state index in [1.165, 1.54) is 32.3 Å². The molecule has 1 aliphatic rings. The van der Waals surface area contributed by atoms with Crippen LogP contribution < -0.4 is 5.32 Å². The van der Waals surface area contributed by atoms with E-state index >= 15 is 0 Å². The first kappa shape index (κ1) is 19.4. The number of carbonyl (C=O) groups excluding carboxylic acids is 1. The SMILES string of the molecule is CN(C)S(=O)(=O)c1cc(NC(=O)[C@@H]2CC=CC[C@H]2C(=O)O)ccc1Cl. The summed E-state index contributed by atoms with van der Waals surface area (Å²) in [5, 5.41) is 11.9. The fourth-order valence-electron chi connectivity index (χ4n) is 2.59. The number of carbonyl (C=O) groups is 2. The van der Waals surface area contributed by atoms with Crippen molar-refractivity contribution in [2.24, 2.45) is 11.8 Å². The first-order valence-corrected chi connectivity index (χ1v) is 9.37. The fraction of sp³-hybridized carbons (Fsp3) is 0.375. The maximum atomic E-state index is 12.5. The lowest BCUT2D eigenvalue weighted by Crippen LogP contribution is -2.34. The molecule has 25 heavy (non-hydrogen) atoms. The Morgan fingerprint density at radius 1 is 1.20 bits per heavy atom. The highest BCUT2D eigenvalue weighted by molar-refractivity contribution is 7.89. The van der Waals surface area contributed by atoms with Crippen molar-refractivity contribution >= 4 is 39.2 Å². The molecule has 0 aliphatic heterocycles. The van der Waals surface area contributed by atoms with E-state index in [4.69, 9.17) is 11.6 Å². The van der Waals surface area contributed by atoms with Gasteiger partial charge in [-0.05, 0) is 31.0 Å². The minimum Gasteiger partial charge on any atom is -0.481 e. The summed E-state index contributed by atoms with van der Waals surface area (Å²) in [7, 11) is -1.01. The fourth-order valence-corrected chi connectivity index (χ4v) is 3.98. The summed E-state index contributed by atoms with van der Waals surface area (Å²) < 4.78 is 25.6. The minimum atomic E-state index is -3.77. The molecule has 2 atom stereocenters. The Morgan fingerprint density at radius 2 is 1.80 bits per heavy atom. The van der Waals surface area contributed by atoms with E-state index in [1.807, 2.05) is 0 Å². The van der Waals surface area contributed by atoms with Crippen LogP contribution in [0.5, 0.6) is 0 Å². The van der Waals surface area contributed by atoms with Crippen LogP contribution in [0, 0.1) is 11.8 Å². The van der Waals surface area contributed by atoms with Crippen molar-refractivity contribution in [2.45, 2.75) is 17.7 Å². The van der Waals surface area contributed by atoms with Gasteiger partial charge >= 0.3 is 5.97 Å². The van der Waals surface area contributed by atoms with Gasteiger partial charge in [-0.25, -0.2) is 12.7 Å². The molecule has 1 amide bonds. The van der Waals surface area contributed by atoms with Crippen LogP contribution in [0.25, 0.3) is 0 Å². The molecule has 0 fully saturated rings. The zero-order valence-electron chi connectivity index (χ0n) is 13.8. The Kier molecular flexibility index (Phi) is 5.87. The molecule has 2 N–H and O–H groups in total. The van der Waals surface area contributed by atoms with E-state index in [1.54, 1.807) is 12.2 Å². The molecule has 0 aromatic heterocycles. The Bertz CT molecular complexity index is 820. The molecule has 9 heteroatoms. The lowest BCUT2D eigenvalue weighted by atomic mass is 9.82. The van der Waals surface area contributed by atoms with Gasteiger partial charge in [-0.3, -0.25) is 9.59 Å². The average molecular weight is 387 g/mol. The van der Waals surface area contributed by atoms with E-state index in [2.05, 4.69) is 5.32 Å². The van der Waals surface area contributed by atoms with Crippen LogP contribution in [-0.2, 0) is 19.6 Å². The summed E-state index contributed by atoms with van der Waals surface area (Å²) in [6.07, 6.45) is 4.12. The number of nitrogens with one attached hydrogen (secondary N) is 1. The maximum absolute atomic E-state index is 12.5. The predicted octanol–water partition coefficient (Wildman–Crippen LogP) is 2.20. The van der Waals surface area contributed by atoms with Gasteiger partial charge in [-0.1, -0.05) is 23.8 Å². The number of benzene rings is 1. The monoisotopic (exact) mass is 386 g/mol. The minimum absolute atomic E-state index is 0.0377. The van der Waals surface area contributed by atoms with E-state index in [0.717, 1.165) is 4.31 Å². The second-order valence-electron chi connectivity index (χ2n) is 5.92. The molecule has 136 valence electrons. The average Bonchev–Trinajstić information content (AvgIpc) is 2.56. The van der Waals surface area contributed by atoms with Crippen molar-refractivity contribution in [1.82, 2.24) is 4.31 Å². The normalized spacial score (nSPS) is 20.5. The number of halogens is 1. The second-order valence-corrected chi connectivity index (χ2v) is 8.44. The lowest BCUT2D eigenvalue weighted by molar-refractivity contribution is -0.146. The van der Waals surface area contributed by atoms with Gasteiger partial charge in [0.2, 0.25) is 15.9 Å². The number of amides is 1. The third kappa shape index (κ3) is 4.20. The Labute approximate surface area is 151 Å². The van der Waals surface area contributed by atoms with Gasteiger partial charge in [-0.15, -0.1) is 0 Å². The van der Waals surface area contributed by atoms with Gasteiger partial charge in [0.05, 0.1) is 16.9 Å². The molecule has 0 bridgehead atoms. The maximum Gasteiger partial charge on any atom is 0.307 e. The van der Waals surface area contributed by atoms with Crippen molar-refractivity contribution in [3.05, 3.63) is 35.4 Å². The van der Waals surface area contributed by atoms with Crippen molar-refractivity contribution in [1.29, 1.82) is 0 Å². The van der Waals surface area contributed by atoms with Gasteiger partial charge in [0, 0.05) is 19.8 Å². The topological polar surface area (TPSA) is 104 Å². The first-order valence-electron chi connectivity index (χ1n) is 7.55. The Hall–Kier alpha value is -1.90. The number of aliphatic carboxylic acids is 1. The number of nitrogens with zero attached hydrogens (tertiary/aromatic N) is 1. The van der Waals surface area contributed by atoms with Gasteiger partial charge in [0.25, 0.3) is 0 Å². The van der Waals surface area contributed by atoms with Crippen LogP contribution in [0.15, 0.2) is 35.2 Å². The van der Waals surface area contributed by atoms with Crippen LogP contribution in [0.2, 0.25) is 5.02 Å².